The Morgan fingerprint density at radius 1 is 1.19 bits per heavy atom. The molecule has 0 bridgehead atoms. The van der Waals surface area contributed by atoms with Crippen LogP contribution in [0.4, 0.5) is 5.69 Å². The molecule has 1 heterocycles. The monoisotopic (exact) mass is 288 g/mol. The van der Waals surface area contributed by atoms with E-state index in [1.807, 2.05) is 6.07 Å². The summed E-state index contributed by atoms with van der Waals surface area (Å²) in [6.07, 6.45) is 4.04. The van der Waals surface area contributed by atoms with Crippen LogP contribution in [0.2, 0.25) is 0 Å². The van der Waals surface area contributed by atoms with Gasteiger partial charge in [0.25, 0.3) is 5.91 Å². The lowest BCUT2D eigenvalue weighted by atomic mass is 10.1. The van der Waals surface area contributed by atoms with E-state index in [1.165, 1.54) is 0 Å². The summed E-state index contributed by atoms with van der Waals surface area (Å²) in [5.41, 5.74) is 1.09. The van der Waals surface area contributed by atoms with Gasteiger partial charge in [-0.15, -0.1) is 0 Å². The van der Waals surface area contributed by atoms with E-state index in [0.29, 0.717) is 17.8 Å². The highest BCUT2D eigenvalue weighted by atomic mass is 16.5. The second-order valence-electron chi connectivity index (χ2n) is 5.65. The number of para-hydroxylation sites is 1. The molecule has 3 rings (SSSR count). The minimum atomic E-state index is -0.169. The third kappa shape index (κ3) is 3.61. The Kier molecular flexibility index (Phi) is 4.20. The highest BCUT2D eigenvalue weighted by Crippen LogP contribution is 2.30. The van der Waals surface area contributed by atoms with Gasteiger partial charge in [-0.1, -0.05) is 12.1 Å². The second kappa shape index (κ2) is 6.26. The van der Waals surface area contributed by atoms with Crippen LogP contribution in [0.5, 0.6) is 0 Å². The molecule has 2 N–H and O–H groups in total. The first-order valence-electron chi connectivity index (χ1n) is 7.54. The van der Waals surface area contributed by atoms with E-state index in [1.54, 1.807) is 18.2 Å². The van der Waals surface area contributed by atoms with Gasteiger partial charge in [0.2, 0.25) is 5.91 Å². The molecule has 1 aromatic rings. The molecule has 0 radical (unpaired) electrons. The number of ether oxygens (including phenoxy) is 1. The fourth-order valence-electron chi connectivity index (χ4n) is 2.48. The van der Waals surface area contributed by atoms with E-state index in [0.717, 1.165) is 32.3 Å². The van der Waals surface area contributed by atoms with Crippen LogP contribution >= 0.6 is 0 Å². The quantitative estimate of drug-likeness (QED) is 0.870. The molecule has 1 atom stereocenters. The number of hydrogen-bond acceptors (Lipinski definition) is 3. The summed E-state index contributed by atoms with van der Waals surface area (Å²) in [7, 11) is 0. The summed E-state index contributed by atoms with van der Waals surface area (Å²) in [5.74, 6) is -0.0421. The second-order valence-corrected chi connectivity index (χ2v) is 5.65. The van der Waals surface area contributed by atoms with Crippen molar-refractivity contribution in [1.29, 1.82) is 0 Å². The van der Waals surface area contributed by atoms with Crippen LogP contribution in [-0.2, 0) is 9.53 Å². The molecule has 1 aliphatic heterocycles. The van der Waals surface area contributed by atoms with Gasteiger partial charge in [0.15, 0.2) is 0 Å². The van der Waals surface area contributed by atoms with Crippen molar-refractivity contribution in [2.75, 3.05) is 18.5 Å². The van der Waals surface area contributed by atoms with Gasteiger partial charge in [-0.2, -0.15) is 0 Å². The Morgan fingerprint density at radius 2 is 2.00 bits per heavy atom. The van der Waals surface area contributed by atoms with E-state index in [4.69, 9.17) is 4.74 Å². The molecule has 1 saturated carbocycles. The molecule has 5 nitrogen and oxygen atoms in total. The van der Waals surface area contributed by atoms with Crippen LogP contribution in [0.1, 0.15) is 36.0 Å². The smallest absolute Gasteiger partial charge is 0.253 e. The number of anilines is 1. The standard InChI is InChI=1S/C16H20N2O3/c19-15(11-7-8-11)18-14-6-2-1-5-13(14)16(20)17-10-12-4-3-9-21-12/h1-2,5-6,11-12H,3-4,7-10H2,(H,17,20)(H,18,19)/t12-/m0/s1. The third-order valence-electron chi connectivity index (χ3n) is 3.89. The predicted octanol–water partition coefficient (Wildman–Crippen LogP) is 1.94. The van der Waals surface area contributed by atoms with Crippen LogP contribution in [0.3, 0.4) is 0 Å². The lowest BCUT2D eigenvalue weighted by Gasteiger charge is -2.13. The Morgan fingerprint density at radius 3 is 2.71 bits per heavy atom. The van der Waals surface area contributed by atoms with Gasteiger partial charge < -0.3 is 15.4 Å². The lowest BCUT2D eigenvalue weighted by Crippen LogP contribution is -2.32. The maximum absolute atomic E-state index is 12.3. The van der Waals surface area contributed by atoms with Crippen molar-refractivity contribution in [2.45, 2.75) is 31.8 Å². The molecule has 0 spiro atoms. The van der Waals surface area contributed by atoms with Gasteiger partial charge in [-0.25, -0.2) is 0 Å². The zero-order valence-corrected chi connectivity index (χ0v) is 11.9. The lowest BCUT2D eigenvalue weighted by molar-refractivity contribution is -0.117. The molecule has 1 aromatic carbocycles. The Labute approximate surface area is 124 Å². The fraction of sp³-hybridized carbons (Fsp3) is 0.500. The van der Waals surface area contributed by atoms with Gasteiger partial charge in [-0.3, -0.25) is 9.59 Å². The van der Waals surface area contributed by atoms with Crippen molar-refractivity contribution in [3.63, 3.8) is 0 Å². The van der Waals surface area contributed by atoms with E-state index >= 15 is 0 Å². The maximum Gasteiger partial charge on any atom is 0.253 e. The van der Waals surface area contributed by atoms with Gasteiger partial charge in [0.05, 0.1) is 17.4 Å². The van der Waals surface area contributed by atoms with Crippen LogP contribution in [0.15, 0.2) is 24.3 Å². The summed E-state index contributed by atoms with van der Waals surface area (Å²) >= 11 is 0. The third-order valence-corrected chi connectivity index (χ3v) is 3.89. The molecule has 5 heteroatoms. The summed E-state index contributed by atoms with van der Waals surface area (Å²) in [4.78, 5) is 24.1. The summed E-state index contributed by atoms with van der Waals surface area (Å²) in [6.45, 7) is 1.29. The predicted molar refractivity (Wildman–Crippen MR) is 79.1 cm³/mol. The van der Waals surface area contributed by atoms with Crippen molar-refractivity contribution in [2.24, 2.45) is 5.92 Å². The normalized spacial score (nSPS) is 21.0. The van der Waals surface area contributed by atoms with Gasteiger partial charge in [0, 0.05) is 19.1 Å². The molecule has 1 aliphatic carbocycles. The number of amides is 2. The first-order chi connectivity index (χ1) is 10.2. The first kappa shape index (κ1) is 14.1. The molecule has 2 amide bonds. The highest BCUT2D eigenvalue weighted by Gasteiger charge is 2.30. The highest BCUT2D eigenvalue weighted by molar-refractivity contribution is 6.04. The molecule has 2 fully saturated rings. The van der Waals surface area contributed by atoms with E-state index < -0.39 is 0 Å². The minimum absolute atomic E-state index is 0.00868. The van der Waals surface area contributed by atoms with Crippen LogP contribution in [-0.4, -0.2) is 31.1 Å². The SMILES string of the molecule is O=C(NC[C@@H]1CCCO1)c1ccccc1NC(=O)C1CC1. The first-order valence-corrected chi connectivity index (χ1v) is 7.54. The zero-order chi connectivity index (χ0) is 14.7. The number of carbonyl (C=O) groups is 2. The van der Waals surface area contributed by atoms with Crippen molar-refractivity contribution < 1.29 is 14.3 Å². The minimum Gasteiger partial charge on any atom is -0.376 e. The molecule has 1 saturated heterocycles. The summed E-state index contributed by atoms with van der Waals surface area (Å²) in [5, 5.41) is 5.73. The van der Waals surface area contributed by atoms with Gasteiger partial charge in [0.1, 0.15) is 0 Å². The maximum atomic E-state index is 12.3. The Bertz CT molecular complexity index is 534. The van der Waals surface area contributed by atoms with E-state index in [2.05, 4.69) is 10.6 Å². The van der Waals surface area contributed by atoms with Crippen LogP contribution < -0.4 is 10.6 Å². The molecule has 0 unspecified atom stereocenters. The van der Waals surface area contributed by atoms with Gasteiger partial charge >= 0.3 is 0 Å². The van der Waals surface area contributed by atoms with Crippen molar-refractivity contribution in [1.82, 2.24) is 5.32 Å². The molecular weight excluding hydrogens is 268 g/mol. The Hall–Kier alpha value is -1.88. The number of carbonyl (C=O) groups excluding carboxylic acids is 2. The van der Waals surface area contributed by atoms with Crippen LogP contribution in [0.25, 0.3) is 0 Å². The number of nitrogens with one attached hydrogen (secondary N) is 2. The summed E-state index contributed by atoms with van der Waals surface area (Å²) in [6, 6.07) is 7.11. The Balaban J connectivity index is 1.62. The zero-order valence-electron chi connectivity index (χ0n) is 11.9. The van der Waals surface area contributed by atoms with Crippen molar-refractivity contribution >= 4 is 17.5 Å². The molecule has 0 aromatic heterocycles. The topological polar surface area (TPSA) is 67.4 Å². The van der Waals surface area contributed by atoms with E-state index in [9.17, 15) is 9.59 Å². The molecular formula is C16H20N2O3. The number of benzene rings is 1. The molecule has 112 valence electrons. The van der Waals surface area contributed by atoms with E-state index in [-0.39, 0.29) is 23.8 Å². The largest absolute Gasteiger partial charge is 0.376 e. The van der Waals surface area contributed by atoms with Crippen molar-refractivity contribution in [3.05, 3.63) is 29.8 Å². The van der Waals surface area contributed by atoms with Crippen molar-refractivity contribution in [3.8, 4) is 0 Å². The molecule has 21 heavy (non-hydrogen) atoms. The summed E-state index contributed by atoms with van der Waals surface area (Å²) < 4.78 is 5.49. The average molecular weight is 288 g/mol. The van der Waals surface area contributed by atoms with Gasteiger partial charge in [-0.05, 0) is 37.8 Å². The fourth-order valence-corrected chi connectivity index (χ4v) is 2.48. The average Bonchev–Trinajstić information content (AvgIpc) is 3.22. The van der Waals surface area contributed by atoms with Crippen LogP contribution in [0, 0.1) is 5.92 Å². The number of hydrogen-bond donors (Lipinski definition) is 2. The number of rotatable bonds is 5. The molecule has 2 aliphatic rings.